The molecule has 1 aromatic heterocycles. The van der Waals surface area contributed by atoms with Crippen molar-refractivity contribution in [2.24, 2.45) is 5.92 Å². The lowest BCUT2D eigenvalue weighted by atomic mass is 9.98. The lowest BCUT2D eigenvalue weighted by Gasteiger charge is -2.14. The van der Waals surface area contributed by atoms with Gasteiger partial charge in [0.05, 0.1) is 29.7 Å². The normalized spacial score (nSPS) is 24.8. The van der Waals surface area contributed by atoms with Crippen LogP contribution < -0.4 is 5.32 Å². The van der Waals surface area contributed by atoms with Gasteiger partial charge in [0, 0.05) is 13.0 Å². The summed E-state index contributed by atoms with van der Waals surface area (Å²) >= 11 is 1.20. The molecule has 0 radical (unpaired) electrons. The van der Waals surface area contributed by atoms with Crippen LogP contribution in [0.15, 0.2) is 6.20 Å². The Bertz CT molecular complexity index is 246. The molecular formula is C8H13N3OS. The van der Waals surface area contributed by atoms with Crippen molar-refractivity contribution in [1.29, 1.82) is 0 Å². The van der Waals surface area contributed by atoms with Gasteiger partial charge in [-0.15, -0.1) is 0 Å². The molecule has 2 rings (SSSR count). The average Bonchev–Trinajstić information content (AvgIpc) is 2.74. The Hall–Kier alpha value is -0.520. The first-order chi connectivity index (χ1) is 6.36. The smallest absolute Gasteiger partial charge is 0.0768 e. The van der Waals surface area contributed by atoms with Crippen LogP contribution in [0, 0.1) is 5.92 Å². The van der Waals surface area contributed by atoms with Crippen molar-refractivity contribution < 1.29 is 5.11 Å². The second kappa shape index (κ2) is 4.13. The highest BCUT2D eigenvalue weighted by atomic mass is 32.1. The van der Waals surface area contributed by atoms with Gasteiger partial charge < -0.3 is 10.4 Å². The van der Waals surface area contributed by atoms with E-state index < -0.39 is 0 Å². The summed E-state index contributed by atoms with van der Waals surface area (Å²) in [4.78, 5) is 0. The van der Waals surface area contributed by atoms with Gasteiger partial charge in [-0.3, -0.25) is 0 Å². The summed E-state index contributed by atoms with van der Waals surface area (Å²) in [6.07, 6.45) is 3.18. The van der Waals surface area contributed by atoms with Crippen LogP contribution in [0.4, 0.5) is 0 Å². The predicted octanol–water partition coefficient (Wildman–Crippen LogP) is 0.0510. The summed E-state index contributed by atoms with van der Waals surface area (Å²) in [6.45, 7) is 1.95. The molecule has 2 heterocycles. The lowest BCUT2D eigenvalue weighted by molar-refractivity contribution is 0.116. The molecule has 5 heteroatoms. The van der Waals surface area contributed by atoms with Gasteiger partial charge in [0.15, 0.2) is 0 Å². The third kappa shape index (κ3) is 2.24. The molecule has 1 aromatic rings. The number of rotatable bonds is 3. The first kappa shape index (κ1) is 9.05. The summed E-state index contributed by atoms with van der Waals surface area (Å²) < 4.78 is 7.98. The molecule has 0 bridgehead atoms. The topological polar surface area (TPSA) is 58.0 Å². The van der Waals surface area contributed by atoms with Gasteiger partial charge in [-0.2, -0.15) is 8.75 Å². The zero-order valence-electron chi connectivity index (χ0n) is 7.31. The van der Waals surface area contributed by atoms with Crippen molar-refractivity contribution in [3.63, 3.8) is 0 Å². The summed E-state index contributed by atoms with van der Waals surface area (Å²) in [5.41, 5.74) is 0.907. The van der Waals surface area contributed by atoms with E-state index in [1.54, 1.807) is 6.20 Å². The minimum absolute atomic E-state index is 0.265. The van der Waals surface area contributed by atoms with E-state index >= 15 is 0 Å². The van der Waals surface area contributed by atoms with E-state index in [1.807, 2.05) is 0 Å². The summed E-state index contributed by atoms with van der Waals surface area (Å²) in [7, 11) is 0. The van der Waals surface area contributed by atoms with Crippen LogP contribution in [0.2, 0.25) is 0 Å². The molecule has 1 aliphatic heterocycles. The molecular weight excluding hydrogens is 186 g/mol. The fraction of sp³-hybridized carbons (Fsp3) is 0.750. The van der Waals surface area contributed by atoms with E-state index in [0.717, 1.165) is 25.2 Å². The monoisotopic (exact) mass is 199 g/mol. The minimum Gasteiger partial charge on any atom is -0.392 e. The Morgan fingerprint density at radius 1 is 1.77 bits per heavy atom. The average molecular weight is 199 g/mol. The fourth-order valence-corrected chi connectivity index (χ4v) is 2.10. The molecule has 0 saturated carbocycles. The highest BCUT2D eigenvalue weighted by molar-refractivity contribution is 6.99. The molecule has 2 atom stereocenters. The van der Waals surface area contributed by atoms with Crippen LogP contribution in [0.25, 0.3) is 0 Å². The van der Waals surface area contributed by atoms with E-state index in [0.29, 0.717) is 12.3 Å². The van der Waals surface area contributed by atoms with Crippen LogP contribution >= 0.6 is 11.7 Å². The van der Waals surface area contributed by atoms with Crippen LogP contribution in [-0.2, 0) is 6.42 Å². The van der Waals surface area contributed by atoms with Gasteiger partial charge in [-0.25, -0.2) is 0 Å². The molecule has 0 amide bonds. The first-order valence-electron chi connectivity index (χ1n) is 4.51. The number of aliphatic hydroxyl groups excluding tert-OH is 1. The molecule has 1 saturated heterocycles. The number of aliphatic hydroxyl groups is 1. The summed E-state index contributed by atoms with van der Waals surface area (Å²) in [5, 5.41) is 13.1. The van der Waals surface area contributed by atoms with Gasteiger partial charge in [0.1, 0.15) is 0 Å². The quantitative estimate of drug-likeness (QED) is 0.722. The zero-order valence-corrected chi connectivity index (χ0v) is 8.13. The summed E-state index contributed by atoms with van der Waals surface area (Å²) in [6, 6.07) is 0. The molecule has 72 valence electrons. The van der Waals surface area contributed by atoms with Crippen molar-refractivity contribution in [3.05, 3.63) is 11.9 Å². The first-order valence-corrected chi connectivity index (χ1v) is 5.24. The Labute approximate surface area is 81.3 Å². The van der Waals surface area contributed by atoms with Crippen molar-refractivity contribution in [2.75, 3.05) is 13.1 Å². The van der Waals surface area contributed by atoms with Crippen LogP contribution in [-0.4, -0.2) is 33.0 Å². The van der Waals surface area contributed by atoms with E-state index in [2.05, 4.69) is 14.1 Å². The molecule has 0 spiro atoms. The van der Waals surface area contributed by atoms with Crippen molar-refractivity contribution in [2.45, 2.75) is 18.9 Å². The maximum absolute atomic E-state index is 9.82. The van der Waals surface area contributed by atoms with Gasteiger partial charge in [-0.1, -0.05) is 0 Å². The Morgan fingerprint density at radius 3 is 3.31 bits per heavy atom. The summed E-state index contributed by atoms with van der Waals surface area (Å²) in [5.74, 6) is 0.390. The van der Waals surface area contributed by atoms with Crippen molar-refractivity contribution in [3.8, 4) is 0 Å². The Kier molecular flexibility index (Phi) is 2.87. The van der Waals surface area contributed by atoms with Crippen molar-refractivity contribution >= 4 is 11.7 Å². The number of hydrogen-bond donors (Lipinski definition) is 2. The SMILES string of the molecule is OC(Cc1cnsn1)C1CCNC1. The standard InChI is InChI=1S/C8H13N3OS/c12-8(6-1-2-9-4-6)3-7-5-10-13-11-7/h5-6,8-9,12H,1-4H2. The molecule has 0 aromatic carbocycles. The Balaban J connectivity index is 1.87. The largest absolute Gasteiger partial charge is 0.392 e. The number of nitrogens with one attached hydrogen (secondary N) is 1. The minimum atomic E-state index is -0.265. The van der Waals surface area contributed by atoms with Gasteiger partial charge in [0.25, 0.3) is 0 Å². The van der Waals surface area contributed by atoms with E-state index in [9.17, 15) is 5.11 Å². The zero-order chi connectivity index (χ0) is 9.10. The van der Waals surface area contributed by atoms with E-state index in [1.165, 1.54) is 11.7 Å². The van der Waals surface area contributed by atoms with Gasteiger partial charge in [0.2, 0.25) is 0 Å². The Morgan fingerprint density at radius 2 is 2.69 bits per heavy atom. The van der Waals surface area contributed by atoms with Crippen LogP contribution in [0.5, 0.6) is 0 Å². The third-order valence-corrected chi connectivity index (χ3v) is 2.98. The maximum atomic E-state index is 9.82. The lowest BCUT2D eigenvalue weighted by Crippen LogP contribution is -2.24. The predicted molar refractivity (Wildman–Crippen MR) is 50.6 cm³/mol. The van der Waals surface area contributed by atoms with Crippen LogP contribution in [0.3, 0.4) is 0 Å². The molecule has 1 fully saturated rings. The van der Waals surface area contributed by atoms with Gasteiger partial charge in [-0.05, 0) is 18.9 Å². The second-order valence-electron chi connectivity index (χ2n) is 3.42. The maximum Gasteiger partial charge on any atom is 0.0768 e. The molecule has 1 aliphatic rings. The third-order valence-electron chi connectivity index (χ3n) is 2.47. The molecule has 2 N–H and O–H groups in total. The number of aromatic nitrogens is 2. The van der Waals surface area contributed by atoms with E-state index in [4.69, 9.17) is 0 Å². The number of nitrogens with zero attached hydrogens (tertiary/aromatic N) is 2. The fourth-order valence-electron chi connectivity index (χ4n) is 1.66. The highest BCUT2D eigenvalue weighted by Gasteiger charge is 2.23. The molecule has 2 unspecified atom stereocenters. The molecule has 4 nitrogen and oxygen atoms in total. The van der Waals surface area contributed by atoms with Gasteiger partial charge >= 0.3 is 0 Å². The van der Waals surface area contributed by atoms with Crippen LogP contribution in [0.1, 0.15) is 12.1 Å². The highest BCUT2D eigenvalue weighted by Crippen LogP contribution is 2.15. The molecule has 0 aliphatic carbocycles. The second-order valence-corrected chi connectivity index (χ2v) is 3.98. The van der Waals surface area contributed by atoms with Crippen molar-refractivity contribution in [1.82, 2.24) is 14.1 Å². The molecule has 13 heavy (non-hydrogen) atoms. The number of hydrogen-bond acceptors (Lipinski definition) is 5. The van der Waals surface area contributed by atoms with E-state index in [-0.39, 0.29) is 6.10 Å².